The van der Waals surface area contributed by atoms with E-state index in [-0.39, 0.29) is 10.2 Å². The second-order valence-corrected chi connectivity index (χ2v) is 4.90. The van der Waals surface area contributed by atoms with Gasteiger partial charge in [-0.25, -0.2) is 9.58 Å². The number of hydrogen-bond donors (Lipinski definition) is 1. The van der Waals surface area contributed by atoms with Crippen LogP contribution in [-0.2, 0) is 0 Å². The summed E-state index contributed by atoms with van der Waals surface area (Å²) in [4.78, 5) is 27.8. The molecule has 0 aliphatic heterocycles. The molecule has 0 aromatic carbocycles. The van der Waals surface area contributed by atoms with Crippen LogP contribution in [0.25, 0.3) is 11.0 Å². The Kier molecular flexibility index (Phi) is 2.67. The van der Waals surface area contributed by atoms with Crippen LogP contribution in [0.15, 0.2) is 29.2 Å². The van der Waals surface area contributed by atoms with Gasteiger partial charge in [-0.3, -0.25) is 9.59 Å². The van der Waals surface area contributed by atoms with Crippen molar-refractivity contribution in [2.75, 3.05) is 21.1 Å². The molecule has 2 aromatic rings. The number of nitrogens with zero attached hydrogens (tertiary/aromatic N) is 3. The summed E-state index contributed by atoms with van der Waals surface area (Å²) in [5.74, 6) is -0.729. The molecule has 0 aliphatic carbocycles. The number of nitrogens with two attached hydrogens (primary N) is 1. The van der Waals surface area contributed by atoms with Gasteiger partial charge < -0.3 is 5.73 Å². The van der Waals surface area contributed by atoms with E-state index in [0.29, 0.717) is 11.0 Å². The number of amides is 1. The molecule has 0 radical (unpaired) electrons. The van der Waals surface area contributed by atoms with Crippen molar-refractivity contribution in [2.24, 2.45) is 5.73 Å². The standard InChI is InChI=1S/C12H14N4O2/c1-16(2,3)15-11-8(5-4-6-14-11)7-9(10(13)17)12(15)18/h4-7H,1-3H3,(H-,13,17)/p+1. The highest BCUT2D eigenvalue weighted by Crippen LogP contribution is 2.11. The lowest BCUT2D eigenvalue weighted by atomic mass is 10.2. The number of rotatable bonds is 2. The predicted octanol–water partition coefficient (Wildman–Crippen LogP) is -0.176. The summed E-state index contributed by atoms with van der Waals surface area (Å²) < 4.78 is 1.64. The molecule has 0 fully saturated rings. The Morgan fingerprint density at radius 2 is 2.06 bits per heavy atom. The third-order valence-electron chi connectivity index (χ3n) is 2.61. The largest absolute Gasteiger partial charge is 0.365 e. The zero-order valence-electron chi connectivity index (χ0n) is 10.5. The fraction of sp³-hybridized carbons (Fsp3) is 0.250. The molecule has 2 N–H and O–H groups in total. The number of primary amides is 1. The summed E-state index contributed by atoms with van der Waals surface area (Å²) in [6.45, 7) is 0. The maximum absolute atomic E-state index is 12.3. The van der Waals surface area contributed by atoms with E-state index in [4.69, 9.17) is 5.73 Å². The van der Waals surface area contributed by atoms with E-state index in [9.17, 15) is 9.59 Å². The van der Waals surface area contributed by atoms with E-state index in [2.05, 4.69) is 4.98 Å². The second kappa shape index (κ2) is 3.92. The van der Waals surface area contributed by atoms with Crippen LogP contribution in [-0.4, -0.2) is 36.7 Å². The highest BCUT2D eigenvalue weighted by Gasteiger charge is 2.22. The monoisotopic (exact) mass is 247 g/mol. The molecule has 0 atom stereocenters. The fourth-order valence-electron chi connectivity index (χ4n) is 1.86. The summed E-state index contributed by atoms with van der Waals surface area (Å²) in [5, 5.41) is 0.707. The van der Waals surface area contributed by atoms with Crippen molar-refractivity contribution < 1.29 is 4.79 Å². The van der Waals surface area contributed by atoms with Gasteiger partial charge in [0, 0.05) is 11.6 Å². The highest BCUT2D eigenvalue weighted by atomic mass is 16.2. The minimum absolute atomic E-state index is 0.0245. The minimum Gasteiger partial charge on any atom is -0.365 e. The first-order valence-corrected chi connectivity index (χ1v) is 5.45. The fourth-order valence-corrected chi connectivity index (χ4v) is 1.86. The van der Waals surface area contributed by atoms with E-state index in [1.165, 1.54) is 10.7 Å². The Morgan fingerprint density at radius 3 is 2.61 bits per heavy atom. The Labute approximate surface area is 104 Å². The molecule has 2 aromatic heterocycles. The first-order chi connectivity index (χ1) is 8.32. The predicted molar refractivity (Wildman–Crippen MR) is 69.8 cm³/mol. The number of carbonyl (C=O) groups is 1. The van der Waals surface area contributed by atoms with Gasteiger partial charge in [-0.2, -0.15) is 0 Å². The molecule has 94 valence electrons. The molecule has 2 heterocycles. The van der Waals surface area contributed by atoms with E-state index in [1.54, 1.807) is 18.3 Å². The molecule has 6 nitrogen and oxygen atoms in total. The van der Waals surface area contributed by atoms with Gasteiger partial charge in [0.2, 0.25) is 0 Å². The van der Waals surface area contributed by atoms with Gasteiger partial charge in [0.05, 0.1) is 21.1 Å². The number of fused-ring (bicyclic) bond motifs is 1. The molecule has 6 heteroatoms. The van der Waals surface area contributed by atoms with Crippen LogP contribution in [0.5, 0.6) is 0 Å². The maximum atomic E-state index is 12.3. The third kappa shape index (κ3) is 1.86. The average Bonchev–Trinajstić information content (AvgIpc) is 2.25. The van der Waals surface area contributed by atoms with Crippen LogP contribution < -0.4 is 15.9 Å². The van der Waals surface area contributed by atoms with Crippen LogP contribution in [0.3, 0.4) is 0 Å². The van der Waals surface area contributed by atoms with Gasteiger partial charge in [0.1, 0.15) is 5.56 Å². The minimum atomic E-state index is -0.729. The quantitative estimate of drug-likeness (QED) is 0.748. The summed E-state index contributed by atoms with van der Waals surface area (Å²) in [7, 11) is 5.46. The van der Waals surface area contributed by atoms with Crippen molar-refractivity contribution in [2.45, 2.75) is 0 Å². The summed E-state index contributed by atoms with van der Waals surface area (Å²) in [5.41, 5.74) is 5.31. The number of aromatic nitrogens is 2. The number of carbonyl (C=O) groups excluding carboxylic acids is 1. The zero-order valence-corrected chi connectivity index (χ0v) is 10.5. The van der Waals surface area contributed by atoms with E-state index >= 15 is 0 Å². The van der Waals surface area contributed by atoms with Gasteiger partial charge in [-0.15, -0.1) is 4.68 Å². The van der Waals surface area contributed by atoms with E-state index in [0.717, 1.165) is 0 Å². The summed E-state index contributed by atoms with van der Waals surface area (Å²) >= 11 is 0. The van der Waals surface area contributed by atoms with Crippen molar-refractivity contribution in [3.8, 4) is 0 Å². The Hall–Kier alpha value is -2.21. The lowest BCUT2D eigenvalue weighted by molar-refractivity contribution is 0.0997. The number of pyridine rings is 2. The summed E-state index contributed by atoms with van der Waals surface area (Å²) in [6, 6.07) is 5.02. The van der Waals surface area contributed by atoms with Gasteiger partial charge in [-0.05, 0) is 18.2 Å². The van der Waals surface area contributed by atoms with Crippen molar-refractivity contribution in [1.29, 1.82) is 0 Å². The topological polar surface area (TPSA) is 78.0 Å². The van der Waals surface area contributed by atoms with Crippen molar-refractivity contribution >= 4 is 16.9 Å². The lowest BCUT2D eigenvalue weighted by Gasteiger charge is -2.26. The Bertz CT molecular complexity index is 683. The molecule has 0 saturated heterocycles. The third-order valence-corrected chi connectivity index (χ3v) is 2.61. The Morgan fingerprint density at radius 1 is 1.39 bits per heavy atom. The molecule has 2 rings (SSSR count). The molecule has 0 unspecified atom stereocenters. The van der Waals surface area contributed by atoms with Crippen LogP contribution in [0.2, 0.25) is 0 Å². The van der Waals surface area contributed by atoms with Gasteiger partial charge >= 0.3 is 5.56 Å². The lowest BCUT2D eigenvalue weighted by Crippen LogP contribution is -2.53. The van der Waals surface area contributed by atoms with E-state index in [1.807, 2.05) is 21.1 Å². The molecular formula is C12H15N4O2+. The molecule has 0 aliphatic rings. The zero-order chi connectivity index (χ0) is 13.5. The average molecular weight is 247 g/mol. The summed E-state index contributed by atoms with van der Waals surface area (Å²) in [6.07, 6.45) is 1.61. The molecule has 18 heavy (non-hydrogen) atoms. The SMILES string of the molecule is C[N+](C)(C)n1c(=O)c(C(N)=O)cc2cccnc21. The molecular weight excluding hydrogens is 232 g/mol. The first-order valence-electron chi connectivity index (χ1n) is 5.45. The van der Waals surface area contributed by atoms with Crippen LogP contribution >= 0.6 is 0 Å². The van der Waals surface area contributed by atoms with Crippen LogP contribution in [0.1, 0.15) is 10.4 Å². The van der Waals surface area contributed by atoms with Crippen molar-refractivity contribution in [3.63, 3.8) is 0 Å². The van der Waals surface area contributed by atoms with Gasteiger partial charge in [0.15, 0.2) is 5.65 Å². The Balaban J connectivity index is 3.01. The first kappa shape index (κ1) is 12.3. The molecule has 0 saturated carbocycles. The van der Waals surface area contributed by atoms with Crippen LogP contribution in [0, 0.1) is 0 Å². The highest BCUT2D eigenvalue weighted by molar-refractivity contribution is 5.95. The van der Waals surface area contributed by atoms with Gasteiger partial charge in [0.25, 0.3) is 5.91 Å². The second-order valence-electron chi connectivity index (χ2n) is 4.90. The van der Waals surface area contributed by atoms with E-state index < -0.39 is 11.5 Å². The number of quaternary nitrogens is 1. The maximum Gasteiger partial charge on any atom is 0.311 e. The van der Waals surface area contributed by atoms with Crippen molar-refractivity contribution in [1.82, 2.24) is 14.3 Å². The molecule has 1 amide bonds. The van der Waals surface area contributed by atoms with Gasteiger partial charge in [-0.1, -0.05) is 0 Å². The smallest absolute Gasteiger partial charge is 0.311 e. The molecule has 0 bridgehead atoms. The van der Waals surface area contributed by atoms with Crippen LogP contribution in [0.4, 0.5) is 0 Å². The van der Waals surface area contributed by atoms with Crippen molar-refractivity contribution in [3.05, 3.63) is 40.3 Å². The normalized spacial score (nSPS) is 11.7. The molecule has 0 spiro atoms. The number of hydrogen-bond acceptors (Lipinski definition) is 3.